The molecule has 0 radical (unpaired) electrons. The number of rotatable bonds is 1. The van der Waals surface area contributed by atoms with E-state index < -0.39 is 0 Å². The van der Waals surface area contributed by atoms with Crippen molar-refractivity contribution in [3.63, 3.8) is 0 Å². The van der Waals surface area contributed by atoms with Crippen LogP contribution in [0.2, 0.25) is 0 Å². The molecule has 3 rings (SSSR count). The van der Waals surface area contributed by atoms with Gasteiger partial charge in [-0.2, -0.15) is 5.10 Å². The van der Waals surface area contributed by atoms with Crippen LogP contribution in [-0.2, 0) is 7.05 Å². The second kappa shape index (κ2) is 3.76. The van der Waals surface area contributed by atoms with Crippen molar-refractivity contribution >= 4 is 5.69 Å². The number of aromatic nitrogens is 3. The maximum Gasteiger partial charge on any atom is 0.175 e. The molecule has 5 nitrogen and oxygen atoms in total. The molecule has 5 heteroatoms. The number of nitrogens with one attached hydrogen (secondary N) is 1. The number of hydrogen-bond donors (Lipinski definition) is 1. The Labute approximate surface area is 99.4 Å². The van der Waals surface area contributed by atoms with E-state index >= 15 is 0 Å². The van der Waals surface area contributed by atoms with Gasteiger partial charge >= 0.3 is 0 Å². The Hall–Kier alpha value is -2.04. The SMILES string of the molecule is Cc1nc(C2CNc3ccccc3O2)n(C)n1. The van der Waals surface area contributed by atoms with E-state index in [1.54, 1.807) is 4.68 Å². The molecule has 1 aliphatic heterocycles. The molecule has 1 atom stereocenters. The third kappa shape index (κ3) is 1.73. The fourth-order valence-electron chi connectivity index (χ4n) is 2.07. The summed E-state index contributed by atoms with van der Waals surface area (Å²) < 4.78 is 7.70. The monoisotopic (exact) mass is 230 g/mol. The molecule has 0 saturated carbocycles. The van der Waals surface area contributed by atoms with Crippen molar-refractivity contribution in [3.05, 3.63) is 35.9 Å². The summed E-state index contributed by atoms with van der Waals surface area (Å²) in [5.41, 5.74) is 1.03. The van der Waals surface area contributed by atoms with Crippen LogP contribution in [0, 0.1) is 6.92 Å². The molecule has 0 amide bonds. The highest BCUT2D eigenvalue weighted by Crippen LogP contribution is 2.32. The van der Waals surface area contributed by atoms with Crippen LogP contribution >= 0.6 is 0 Å². The summed E-state index contributed by atoms with van der Waals surface area (Å²) in [6.45, 7) is 2.59. The highest BCUT2D eigenvalue weighted by atomic mass is 16.5. The van der Waals surface area contributed by atoms with Gasteiger partial charge in [-0.15, -0.1) is 0 Å². The van der Waals surface area contributed by atoms with Crippen molar-refractivity contribution in [1.29, 1.82) is 0 Å². The Morgan fingerprint density at radius 1 is 1.41 bits per heavy atom. The van der Waals surface area contributed by atoms with E-state index in [-0.39, 0.29) is 6.10 Å². The van der Waals surface area contributed by atoms with Crippen LogP contribution in [-0.4, -0.2) is 21.3 Å². The number of fused-ring (bicyclic) bond motifs is 1. The Kier molecular flexibility index (Phi) is 2.24. The lowest BCUT2D eigenvalue weighted by atomic mass is 10.2. The van der Waals surface area contributed by atoms with Crippen molar-refractivity contribution in [1.82, 2.24) is 14.8 Å². The van der Waals surface area contributed by atoms with E-state index in [1.807, 2.05) is 38.2 Å². The molecule has 2 aromatic rings. The van der Waals surface area contributed by atoms with Gasteiger partial charge in [-0.3, -0.25) is 0 Å². The fourth-order valence-corrected chi connectivity index (χ4v) is 2.07. The van der Waals surface area contributed by atoms with Gasteiger partial charge in [0.15, 0.2) is 11.9 Å². The van der Waals surface area contributed by atoms with Crippen molar-refractivity contribution < 1.29 is 4.74 Å². The minimum atomic E-state index is -0.0869. The van der Waals surface area contributed by atoms with Crippen LogP contribution < -0.4 is 10.1 Å². The van der Waals surface area contributed by atoms with Crippen LogP contribution in [0.3, 0.4) is 0 Å². The number of anilines is 1. The van der Waals surface area contributed by atoms with E-state index in [0.717, 1.165) is 23.1 Å². The maximum absolute atomic E-state index is 5.93. The predicted octanol–water partition coefficient (Wildman–Crippen LogP) is 1.67. The first kappa shape index (κ1) is 10.1. The normalized spacial score (nSPS) is 18.1. The van der Waals surface area contributed by atoms with Crippen molar-refractivity contribution in [2.45, 2.75) is 13.0 Å². The number of ether oxygens (including phenoxy) is 1. The van der Waals surface area contributed by atoms with Crippen LogP contribution in [0.25, 0.3) is 0 Å². The molecule has 1 N–H and O–H groups in total. The Bertz CT molecular complexity index is 549. The Balaban J connectivity index is 1.92. The fraction of sp³-hybridized carbons (Fsp3) is 0.333. The van der Waals surface area contributed by atoms with Crippen LogP contribution in [0.1, 0.15) is 17.8 Å². The van der Waals surface area contributed by atoms with Gasteiger partial charge in [-0.25, -0.2) is 9.67 Å². The van der Waals surface area contributed by atoms with Gasteiger partial charge in [0.05, 0.1) is 12.2 Å². The van der Waals surface area contributed by atoms with E-state index in [4.69, 9.17) is 4.74 Å². The number of hydrogen-bond acceptors (Lipinski definition) is 4. The van der Waals surface area contributed by atoms with Crippen molar-refractivity contribution in [2.24, 2.45) is 7.05 Å². The molecule has 0 aliphatic carbocycles. The second-order valence-electron chi connectivity index (χ2n) is 4.12. The molecular formula is C12H14N4O. The van der Waals surface area contributed by atoms with Crippen LogP contribution in [0.4, 0.5) is 5.69 Å². The molecule has 0 fully saturated rings. The summed E-state index contributed by atoms with van der Waals surface area (Å²) in [5.74, 6) is 2.49. The van der Waals surface area contributed by atoms with Gasteiger partial charge in [0, 0.05) is 7.05 Å². The van der Waals surface area contributed by atoms with Crippen molar-refractivity contribution in [2.75, 3.05) is 11.9 Å². The first-order chi connectivity index (χ1) is 8.24. The lowest BCUT2D eigenvalue weighted by molar-refractivity contribution is 0.195. The molecule has 88 valence electrons. The van der Waals surface area contributed by atoms with Gasteiger partial charge in [0.25, 0.3) is 0 Å². The van der Waals surface area contributed by atoms with Crippen LogP contribution in [0.15, 0.2) is 24.3 Å². The van der Waals surface area contributed by atoms with E-state index in [1.165, 1.54) is 0 Å². The molecule has 1 aromatic carbocycles. The summed E-state index contributed by atoms with van der Waals surface area (Å²) in [6.07, 6.45) is -0.0869. The lowest BCUT2D eigenvalue weighted by Crippen LogP contribution is -2.26. The minimum Gasteiger partial charge on any atom is -0.478 e. The molecule has 0 saturated heterocycles. The molecule has 1 aliphatic rings. The van der Waals surface area contributed by atoms with Crippen LogP contribution in [0.5, 0.6) is 5.75 Å². The predicted molar refractivity (Wildman–Crippen MR) is 64.0 cm³/mol. The number of aryl methyl sites for hydroxylation is 2. The smallest absolute Gasteiger partial charge is 0.175 e. The molecular weight excluding hydrogens is 216 g/mol. The average molecular weight is 230 g/mol. The maximum atomic E-state index is 5.93. The summed E-state index contributed by atoms with van der Waals surface area (Å²) in [5, 5.41) is 7.58. The summed E-state index contributed by atoms with van der Waals surface area (Å²) >= 11 is 0. The topological polar surface area (TPSA) is 52.0 Å². The third-order valence-electron chi connectivity index (χ3n) is 2.82. The molecule has 1 aromatic heterocycles. The third-order valence-corrected chi connectivity index (χ3v) is 2.82. The first-order valence-electron chi connectivity index (χ1n) is 5.61. The highest BCUT2D eigenvalue weighted by molar-refractivity contribution is 5.57. The zero-order valence-electron chi connectivity index (χ0n) is 9.84. The molecule has 1 unspecified atom stereocenters. The Morgan fingerprint density at radius 2 is 2.24 bits per heavy atom. The second-order valence-corrected chi connectivity index (χ2v) is 4.12. The quantitative estimate of drug-likeness (QED) is 0.809. The molecule has 0 spiro atoms. The molecule has 17 heavy (non-hydrogen) atoms. The number of benzene rings is 1. The van der Waals surface area contributed by atoms with Gasteiger partial charge < -0.3 is 10.1 Å². The largest absolute Gasteiger partial charge is 0.478 e. The van der Waals surface area contributed by atoms with E-state index in [0.29, 0.717) is 6.54 Å². The molecule has 2 heterocycles. The van der Waals surface area contributed by atoms with Gasteiger partial charge in [0.2, 0.25) is 0 Å². The van der Waals surface area contributed by atoms with Gasteiger partial charge in [-0.1, -0.05) is 12.1 Å². The van der Waals surface area contributed by atoms with Crippen molar-refractivity contribution in [3.8, 4) is 5.75 Å². The van der Waals surface area contributed by atoms with Gasteiger partial charge in [0.1, 0.15) is 11.6 Å². The van der Waals surface area contributed by atoms with E-state index in [2.05, 4.69) is 15.4 Å². The number of nitrogens with zero attached hydrogens (tertiary/aromatic N) is 3. The standard InChI is InChI=1S/C12H14N4O/c1-8-14-12(16(2)15-8)11-7-13-9-5-3-4-6-10(9)17-11/h3-6,11,13H,7H2,1-2H3. The number of para-hydroxylation sites is 2. The molecule has 0 bridgehead atoms. The zero-order chi connectivity index (χ0) is 11.8. The average Bonchev–Trinajstić information content (AvgIpc) is 2.68. The van der Waals surface area contributed by atoms with Gasteiger partial charge in [-0.05, 0) is 19.1 Å². The summed E-state index contributed by atoms with van der Waals surface area (Å²) in [7, 11) is 1.89. The Morgan fingerprint density at radius 3 is 3.00 bits per heavy atom. The minimum absolute atomic E-state index is 0.0869. The lowest BCUT2D eigenvalue weighted by Gasteiger charge is -2.26. The zero-order valence-corrected chi connectivity index (χ0v) is 9.84. The summed E-state index contributed by atoms with van der Waals surface area (Å²) in [4.78, 5) is 4.39. The van der Waals surface area contributed by atoms with E-state index in [9.17, 15) is 0 Å². The highest BCUT2D eigenvalue weighted by Gasteiger charge is 2.24. The first-order valence-corrected chi connectivity index (χ1v) is 5.61. The summed E-state index contributed by atoms with van der Waals surface area (Å²) in [6, 6.07) is 7.91.